The van der Waals surface area contributed by atoms with Crippen molar-refractivity contribution in [2.45, 2.75) is 4.90 Å². The summed E-state index contributed by atoms with van der Waals surface area (Å²) in [6.45, 7) is -0.484. The standard InChI is InChI=1S/C26H31N7O10S2/c1-41-20-13-18(21(42-2)12-17(20)29-8-10-44(36,37)11-9-34)31-32-19-14-22(45(38,39)40)24(28)25(23(19)27)33-30-16-7-5-4-6-15(16)26(35)43-3/h4-7,12-14,29,34H,8-11,27-28H2,1-3H3,(H,38,39,40)/b32-31+,33-30+. The van der Waals surface area contributed by atoms with Crippen molar-refractivity contribution in [3.05, 3.63) is 48.0 Å². The predicted molar refractivity (Wildman–Crippen MR) is 165 cm³/mol. The summed E-state index contributed by atoms with van der Waals surface area (Å²) in [5, 5.41) is 27.9. The van der Waals surface area contributed by atoms with Gasteiger partial charge in [0.25, 0.3) is 10.1 Å². The van der Waals surface area contributed by atoms with Gasteiger partial charge in [-0.25, -0.2) is 13.2 Å². The Bertz CT molecular complexity index is 1850. The lowest BCUT2D eigenvalue weighted by Crippen LogP contribution is -2.20. The van der Waals surface area contributed by atoms with E-state index >= 15 is 0 Å². The molecular formula is C26H31N7O10S2. The van der Waals surface area contributed by atoms with E-state index in [2.05, 4.69) is 25.8 Å². The van der Waals surface area contributed by atoms with E-state index in [0.29, 0.717) is 5.69 Å². The Morgan fingerprint density at radius 3 is 2.11 bits per heavy atom. The summed E-state index contributed by atoms with van der Waals surface area (Å²) in [7, 11) is -4.49. The molecule has 3 aromatic rings. The highest BCUT2D eigenvalue weighted by atomic mass is 32.2. The van der Waals surface area contributed by atoms with Gasteiger partial charge < -0.3 is 36.1 Å². The van der Waals surface area contributed by atoms with Gasteiger partial charge in [-0.1, -0.05) is 12.1 Å². The molecule has 242 valence electrons. The molecule has 0 aliphatic heterocycles. The van der Waals surface area contributed by atoms with Crippen LogP contribution in [0.25, 0.3) is 0 Å². The molecular weight excluding hydrogens is 634 g/mol. The van der Waals surface area contributed by atoms with Crippen LogP contribution in [0, 0.1) is 0 Å². The molecule has 0 atom stereocenters. The van der Waals surface area contributed by atoms with E-state index in [-0.39, 0.29) is 63.5 Å². The van der Waals surface area contributed by atoms with Crippen LogP contribution in [0.3, 0.4) is 0 Å². The molecule has 0 amide bonds. The largest absolute Gasteiger partial charge is 0.495 e. The number of nitrogen functional groups attached to an aromatic ring is 2. The van der Waals surface area contributed by atoms with Crippen LogP contribution in [0.15, 0.2) is 67.8 Å². The van der Waals surface area contributed by atoms with Crippen molar-refractivity contribution in [1.29, 1.82) is 0 Å². The Hall–Kier alpha value is -4.85. The van der Waals surface area contributed by atoms with Gasteiger partial charge in [-0.3, -0.25) is 4.55 Å². The number of carbonyl (C=O) groups excluding carboxylic acids is 1. The summed E-state index contributed by atoms with van der Waals surface area (Å²) in [5.74, 6) is -0.938. The van der Waals surface area contributed by atoms with E-state index in [4.69, 9.17) is 30.8 Å². The summed E-state index contributed by atoms with van der Waals surface area (Å²) >= 11 is 0. The molecule has 0 spiro atoms. The number of rotatable bonds is 14. The average Bonchev–Trinajstić information content (AvgIpc) is 2.99. The van der Waals surface area contributed by atoms with Gasteiger partial charge in [0.1, 0.15) is 39.1 Å². The zero-order valence-corrected chi connectivity index (χ0v) is 25.9. The van der Waals surface area contributed by atoms with Crippen LogP contribution < -0.4 is 26.3 Å². The van der Waals surface area contributed by atoms with Gasteiger partial charge in [-0.15, -0.1) is 20.5 Å². The third-order valence-corrected chi connectivity index (χ3v) is 8.59. The van der Waals surface area contributed by atoms with Crippen LogP contribution in [0.2, 0.25) is 0 Å². The lowest BCUT2D eigenvalue weighted by Gasteiger charge is -2.14. The maximum absolute atomic E-state index is 12.1. The quantitative estimate of drug-likeness (QED) is 0.0714. The van der Waals surface area contributed by atoms with E-state index in [1.54, 1.807) is 12.1 Å². The minimum Gasteiger partial charge on any atom is -0.495 e. The number of carbonyl (C=O) groups is 1. The summed E-state index contributed by atoms with van der Waals surface area (Å²) < 4.78 is 73.4. The molecule has 19 heteroatoms. The highest BCUT2D eigenvalue weighted by molar-refractivity contribution is 7.91. The number of hydrogen-bond donors (Lipinski definition) is 5. The number of sulfone groups is 1. The minimum absolute atomic E-state index is 0.00449. The highest BCUT2D eigenvalue weighted by Gasteiger charge is 2.23. The molecule has 0 saturated carbocycles. The van der Waals surface area contributed by atoms with Crippen LogP contribution in [0.5, 0.6) is 11.5 Å². The Labute approximate surface area is 258 Å². The molecule has 3 aromatic carbocycles. The number of methoxy groups -OCH3 is 3. The molecule has 45 heavy (non-hydrogen) atoms. The molecule has 0 heterocycles. The first-order valence-electron chi connectivity index (χ1n) is 12.8. The van der Waals surface area contributed by atoms with Gasteiger partial charge in [0.05, 0.1) is 62.1 Å². The third kappa shape index (κ3) is 8.62. The lowest BCUT2D eigenvalue weighted by atomic mass is 10.2. The molecule has 17 nitrogen and oxygen atoms in total. The molecule has 0 bridgehead atoms. The first-order valence-corrected chi connectivity index (χ1v) is 16.0. The number of nitrogens with one attached hydrogen (secondary N) is 1. The molecule has 7 N–H and O–H groups in total. The topological polar surface area (TPSA) is 267 Å². The normalized spacial score (nSPS) is 12.0. The van der Waals surface area contributed by atoms with Crippen LogP contribution in [-0.4, -0.2) is 78.5 Å². The van der Waals surface area contributed by atoms with E-state index in [0.717, 1.165) is 6.07 Å². The molecule has 0 saturated heterocycles. The van der Waals surface area contributed by atoms with Crippen molar-refractivity contribution in [3.8, 4) is 11.5 Å². The minimum atomic E-state index is -4.91. The number of hydrogen-bond acceptors (Lipinski definition) is 16. The van der Waals surface area contributed by atoms with Crippen molar-refractivity contribution in [2.75, 3.05) is 62.8 Å². The van der Waals surface area contributed by atoms with Crippen molar-refractivity contribution in [2.24, 2.45) is 20.5 Å². The van der Waals surface area contributed by atoms with Crippen LogP contribution >= 0.6 is 0 Å². The number of aliphatic hydroxyl groups excluding tert-OH is 1. The predicted octanol–water partition coefficient (Wildman–Crippen LogP) is 3.55. The van der Waals surface area contributed by atoms with Gasteiger partial charge in [0, 0.05) is 18.7 Å². The average molecular weight is 666 g/mol. The number of anilines is 3. The van der Waals surface area contributed by atoms with Gasteiger partial charge in [-0.2, -0.15) is 8.42 Å². The Morgan fingerprint density at radius 1 is 0.844 bits per heavy atom. The maximum atomic E-state index is 12.1. The van der Waals surface area contributed by atoms with Crippen molar-refractivity contribution < 1.29 is 45.5 Å². The number of ether oxygens (including phenoxy) is 3. The second-order valence-electron chi connectivity index (χ2n) is 8.98. The van der Waals surface area contributed by atoms with Crippen molar-refractivity contribution >= 4 is 65.7 Å². The number of benzene rings is 3. The lowest BCUT2D eigenvalue weighted by molar-refractivity contribution is 0.0601. The number of azo groups is 2. The fourth-order valence-corrected chi connectivity index (χ4v) is 5.33. The smallest absolute Gasteiger partial charge is 0.340 e. The van der Waals surface area contributed by atoms with Gasteiger partial charge in [0.2, 0.25) is 0 Å². The van der Waals surface area contributed by atoms with E-state index in [1.807, 2.05) is 0 Å². The molecule has 0 radical (unpaired) electrons. The van der Waals surface area contributed by atoms with E-state index < -0.39 is 43.1 Å². The Morgan fingerprint density at radius 2 is 1.49 bits per heavy atom. The molecule has 3 rings (SSSR count). The summed E-state index contributed by atoms with van der Waals surface area (Å²) in [6.07, 6.45) is 0. The zero-order chi connectivity index (χ0) is 33.4. The fourth-order valence-electron chi connectivity index (χ4n) is 3.80. The van der Waals surface area contributed by atoms with Crippen LogP contribution in [0.4, 0.5) is 39.8 Å². The SMILES string of the molecule is COC(=O)c1ccccc1/N=N/c1c(N)c(/N=N/c2cc(OC)c(NCCS(=O)(=O)CCO)cc2OC)cc(S(=O)(=O)O)c1N. The van der Waals surface area contributed by atoms with Gasteiger partial charge in [0.15, 0.2) is 9.84 Å². The number of nitrogens with two attached hydrogens (primary N) is 2. The number of aliphatic hydroxyl groups is 1. The van der Waals surface area contributed by atoms with Crippen LogP contribution in [-0.2, 0) is 24.7 Å². The fraction of sp³-hybridized carbons (Fsp3) is 0.269. The molecule has 0 aliphatic rings. The molecule has 0 aromatic heterocycles. The van der Waals surface area contributed by atoms with Crippen LogP contribution in [0.1, 0.15) is 10.4 Å². The number of nitrogens with zero attached hydrogens (tertiary/aromatic N) is 4. The maximum Gasteiger partial charge on any atom is 0.340 e. The second kappa shape index (κ2) is 14.8. The zero-order valence-electron chi connectivity index (χ0n) is 24.3. The monoisotopic (exact) mass is 665 g/mol. The Kier molecular flexibility index (Phi) is 11.4. The van der Waals surface area contributed by atoms with Crippen molar-refractivity contribution in [3.63, 3.8) is 0 Å². The number of esters is 1. The summed E-state index contributed by atoms with van der Waals surface area (Å²) in [6, 6.07) is 9.79. The second-order valence-corrected chi connectivity index (χ2v) is 12.7. The van der Waals surface area contributed by atoms with E-state index in [1.165, 1.54) is 45.6 Å². The molecule has 0 aliphatic carbocycles. The molecule has 0 unspecified atom stereocenters. The van der Waals surface area contributed by atoms with Gasteiger partial charge in [-0.05, 0) is 18.2 Å². The first kappa shape index (κ1) is 34.6. The first-order chi connectivity index (χ1) is 21.3. The summed E-state index contributed by atoms with van der Waals surface area (Å²) in [5.41, 5.74) is 11.3. The Balaban J connectivity index is 2.06. The van der Waals surface area contributed by atoms with Crippen molar-refractivity contribution in [1.82, 2.24) is 0 Å². The third-order valence-electron chi connectivity index (χ3n) is 6.06. The van der Waals surface area contributed by atoms with Gasteiger partial charge >= 0.3 is 5.97 Å². The van der Waals surface area contributed by atoms with E-state index in [9.17, 15) is 26.2 Å². The highest BCUT2D eigenvalue weighted by Crippen LogP contribution is 2.44. The molecule has 0 fully saturated rings. The summed E-state index contributed by atoms with van der Waals surface area (Å²) in [4.78, 5) is 11.3.